The third-order valence-electron chi connectivity index (χ3n) is 2.67. The van der Waals surface area contributed by atoms with Crippen molar-refractivity contribution in [2.75, 3.05) is 0 Å². The number of ether oxygens (including phenoxy) is 1. The van der Waals surface area contributed by atoms with E-state index in [1.54, 1.807) is 41.1 Å². The summed E-state index contributed by atoms with van der Waals surface area (Å²) in [6.45, 7) is 3.74. The fourth-order valence-electron chi connectivity index (χ4n) is 1.58. The quantitative estimate of drug-likeness (QED) is 0.936. The first-order valence-electron chi connectivity index (χ1n) is 6.41. The van der Waals surface area contributed by atoms with Gasteiger partial charge in [0.1, 0.15) is 11.5 Å². The molecule has 0 unspecified atom stereocenters. The molecule has 0 atom stereocenters. The maximum Gasteiger partial charge on any atom is 0.428 e. The van der Waals surface area contributed by atoms with Crippen molar-refractivity contribution in [3.8, 4) is 11.5 Å². The molecular weight excluding hydrogens is 306 g/mol. The second-order valence-corrected chi connectivity index (χ2v) is 5.93. The summed E-state index contributed by atoms with van der Waals surface area (Å²) in [5.41, 5.74) is 1.94. The number of hydrogen-bond acceptors (Lipinski definition) is 5. The molecule has 0 saturated carbocycles. The van der Waals surface area contributed by atoms with Crippen molar-refractivity contribution in [1.82, 2.24) is 4.72 Å². The molecular formula is C15H15NO5S. The van der Waals surface area contributed by atoms with Gasteiger partial charge in [0, 0.05) is 0 Å². The summed E-state index contributed by atoms with van der Waals surface area (Å²) < 4.78 is 34.7. The van der Waals surface area contributed by atoms with Crippen LogP contribution < -0.4 is 13.6 Å². The molecule has 2 aromatic carbocycles. The highest BCUT2D eigenvalue weighted by Gasteiger charge is 2.18. The van der Waals surface area contributed by atoms with E-state index >= 15 is 0 Å². The van der Waals surface area contributed by atoms with Crippen LogP contribution in [0.1, 0.15) is 11.1 Å². The van der Waals surface area contributed by atoms with E-state index in [0.717, 1.165) is 11.1 Å². The van der Waals surface area contributed by atoms with Crippen molar-refractivity contribution in [2.24, 2.45) is 0 Å². The summed E-state index contributed by atoms with van der Waals surface area (Å²) in [5, 5.41) is 0. The summed E-state index contributed by atoms with van der Waals surface area (Å²) in [5.74, 6) is 0.329. The number of nitrogens with one attached hydrogen (secondary N) is 1. The zero-order chi connectivity index (χ0) is 16.2. The normalized spacial score (nSPS) is 10.8. The molecule has 0 aromatic heterocycles. The fourth-order valence-corrected chi connectivity index (χ4v) is 2.23. The largest absolute Gasteiger partial charge is 0.428 e. The molecule has 2 rings (SSSR count). The van der Waals surface area contributed by atoms with Crippen molar-refractivity contribution in [3.63, 3.8) is 0 Å². The Hall–Kier alpha value is -2.54. The van der Waals surface area contributed by atoms with Gasteiger partial charge in [0.2, 0.25) is 0 Å². The van der Waals surface area contributed by atoms with Gasteiger partial charge in [-0.15, -0.1) is 0 Å². The summed E-state index contributed by atoms with van der Waals surface area (Å²) in [4.78, 5) is 11.6. The molecule has 22 heavy (non-hydrogen) atoms. The maximum atomic E-state index is 11.7. The molecule has 0 bridgehead atoms. The minimum Gasteiger partial charge on any atom is -0.410 e. The monoisotopic (exact) mass is 321 g/mol. The van der Waals surface area contributed by atoms with Crippen molar-refractivity contribution in [3.05, 3.63) is 59.7 Å². The number of amides is 1. The van der Waals surface area contributed by atoms with E-state index in [9.17, 15) is 13.2 Å². The molecule has 0 aliphatic heterocycles. The Morgan fingerprint density at radius 2 is 1.32 bits per heavy atom. The molecule has 7 heteroatoms. The zero-order valence-electron chi connectivity index (χ0n) is 12.1. The van der Waals surface area contributed by atoms with Crippen molar-refractivity contribution in [2.45, 2.75) is 13.8 Å². The second-order valence-electron chi connectivity index (χ2n) is 4.66. The van der Waals surface area contributed by atoms with Gasteiger partial charge in [0.15, 0.2) is 0 Å². The van der Waals surface area contributed by atoms with Crippen LogP contribution in [-0.4, -0.2) is 14.5 Å². The minimum atomic E-state index is -4.30. The molecule has 0 radical (unpaired) electrons. The van der Waals surface area contributed by atoms with Crippen LogP contribution in [0.4, 0.5) is 4.79 Å². The molecule has 6 nitrogen and oxygen atoms in total. The van der Waals surface area contributed by atoms with E-state index in [1.165, 1.54) is 12.1 Å². The lowest BCUT2D eigenvalue weighted by Gasteiger charge is -2.09. The fraction of sp³-hybridized carbons (Fsp3) is 0.133. The van der Waals surface area contributed by atoms with Crippen LogP contribution in [-0.2, 0) is 10.3 Å². The molecule has 0 aliphatic carbocycles. The zero-order valence-corrected chi connectivity index (χ0v) is 12.9. The van der Waals surface area contributed by atoms with E-state index in [2.05, 4.69) is 0 Å². The van der Waals surface area contributed by atoms with Gasteiger partial charge >= 0.3 is 16.4 Å². The highest BCUT2D eigenvalue weighted by atomic mass is 32.2. The summed E-state index contributed by atoms with van der Waals surface area (Å²) in [6, 6.07) is 12.9. The van der Waals surface area contributed by atoms with Crippen LogP contribution in [0.15, 0.2) is 48.5 Å². The van der Waals surface area contributed by atoms with E-state index in [1.807, 2.05) is 13.8 Å². The lowest BCUT2D eigenvalue weighted by Crippen LogP contribution is -2.36. The van der Waals surface area contributed by atoms with Crippen LogP contribution in [0.3, 0.4) is 0 Å². The van der Waals surface area contributed by atoms with E-state index < -0.39 is 16.4 Å². The van der Waals surface area contributed by atoms with Crippen LogP contribution in [0.2, 0.25) is 0 Å². The number of rotatable bonds is 4. The Morgan fingerprint density at radius 3 is 1.82 bits per heavy atom. The molecule has 116 valence electrons. The highest BCUT2D eigenvalue weighted by Crippen LogP contribution is 2.14. The lowest BCUT2D eigenvalue weighted by molar-refractivity contribution is 0.206. The van der Waals surface area contributed by atoms with Crippen molar-refractivity contribution >= 4 is 16.4 Å². The Labute approximate surface area is 128 Å². The van der Waals surface area contributed by atoms with E-state index in [4.69, 9.17) is 8.92 Å². The average molecular weight is 321 g/mol. The first kappa shape index (κ1) is 15.8. The molecule has 0 aliphatic rings. The molecule has 0 heterocycles. The van der Waals surface area contributed by atoms with Gasteiger partial charge < -0.3 is 8.92 Å². The molecule has 0 spiro atoms. The number of hydrogen-bond donors (Lipinski definition) is 1. The third kappa shape index (κ3) is 4.78. The van der Waals surface area contributed by atoms with Gasteiger partial charge in [-0.25, -0.2) is 4.79 Å². The number of carbonyl (C=O) groups excluding carboxylic acids is 1. The minimum absolute atomic E-state index is 0.0984. The van der Waals surface area contributed by atoms with Crippen LogP contribution in [0.5, 0.6) is 11.5 Å². The predicted octanol–water partition coefficient (Wildman–Crippen LogP) is 2.72. The van der Waals surface area contributed by atoms with Crippen LogP contribution in [0, 0.1) is 13.8 Å². The average Bonchev–Trinajstić information content (AvgIpc) is 2.43. The number of benzene rings is 2. The number of aryl methyl sites for hydroxylation is 2. The highest BCUT2D eigenvalue weighted by molar-refractivity contribution is 7.85. The Balaban J connectivity index is 1.97. The van der Waals surface area contributed by atoms with Crippen LogP contribution >= 0.6 is 0 Å². The Kier molecular flexibility index (Phi) is 4.67. The molecule has 1 amide bonds. The predicted molar refractivity (Wildman–Crippen MR) is 81.1 cm³/mol. The lowest BCUT2D eigenvalue weighted by atomic mass is 10.2. The van der Waals surface area contributed by atoms with Gasteiger partial charge in [-0.3, -0.25) is 0 Å². The summed E-state index contributed by atoms with van der Waals surface area (Å²) in [6.07, 6.45) is -1.14. The maximum absolute atomic E-state index is 11.7. The van der Waals surface area contributed by atoms with Gasteiger partial charge in [0.25, 0.3) is 0 Å². The van der Waals surface area contributed by atoms with Gasteiger partial charge in [-0.1, -0.05) is 35.4 Å². The molecule has 1 N–H and O–H groups in total. The molecule has 0 saturated heterocycles. The van der Waals surface area contributed by atoms with Gasteiger partial charge in [-0.05, 0) is 38.1 Å². The smallest absolute Gasteiger partial charge is 0.410 e. The van der Waals surface area contributed by atoms with E-state index in [0.29, 0.717) is 0 Å². The van der Waals surface area contributed by atoms with Crippen LogP contribution in [0.25, 0.3) is 0 Å². The van der Waals surface area contributed by atoms with Gasteiger partial charge in [-0.2, -0.15) is 13.1 Å². The SMILES string of the molecule is Cc1ccc(OC(=O)NS(=O)(=O)Oc2ccc(C)cc2)cc1. The first-order valence-corrected chi connectivity index (χ1v) is 7.82. The third-order valence-corrected chi connectivity index (χ3v) is 3.50. The molecule has 0 fully saturated rings. The standard InChI is InChI=1S/C15H15NO5S/c1-11-3-7-13(8-4-11)20-15(17)16-22(18,19)21-14-9-5-12(2)6-10-14/h3-10H,1-2H3,(H,16,17). The summed E-state index contributed by atoms with van der Waals surface area (Å²) in [7, 11) is -4.30. The summed E-state index contributed by atoms with van der Waals surface area (Å²) >= 11 is 0. The van der Waals surface area contributed by atoms with Gasteiger partial charge in [0.05, 0.1) is 0 Å². The Bertz CT molecular complexity index is 752. The van der Waals surface area contributed by atoms with Crippen molar-refractivity contribution < 1.29 is 22.1 Å². The number of carbonyl (C=O) groups is 1. The Morgan fingerprint density at radius 1 is 0.864 bits per heavy atom. The molecule has 2 aromatic rings. The first-order chi connectivity index (χ1) is 10.3. The van der Waals surface area contributed by atoms with E-state index in [-0.39, 0.29) is 11.5 Å². The topological polar surface area (TPSA) is 81.7 Å². The second kappa shape index (κ2) is 6.48. The van der Waals surface area contributed by atoms with Crippen molar-refractivity contribution in [1.29, 1.82) is 0 Å².